The molecule has 1 heteroatoms. The molecule has 1 N–H and O–H groups in total. The minimum absolute atomic E-state index is 0.180. The van der Waals surface area contributed by atoms with Crippen LogP contribution in [0.2, 0.25) is 0 Å². The van der Waals surface area contributed by atoms with Gasteiger partial charge in [0, 0.05) is 5.41 Å². The van der Waals surface area contributed by atoms with E-state index in [1.807, 2.05) is 0 Å². The van der Waals surface area contributed by atoms with E-state index >= 15 is 0 Å². The monoisotopic (exact) mass is 248 g/mol. The van der Waals surface area contributed by atoms with Gasteiger partial charge in [-0.25, -0.2) is 0 Å². The molecule has 0 saturated carbocycles. The number of hydrogen-bond donors (Lipinski definition) is 1. The third kappa shape index (κ3) is 3.14. The van der Waals surface area contributed by atoms with Crippen molar-refractivity contribution in [2.24, 2.45) is 5.92 Å². The summed E-state index contributed by atoms with van der Waals surface area (Å²) in [6, 6.07) is 8.69. The van der Waals surface area contributed by atoms with Gasteiger partial charge in [0.05, 0.1) is 6.10 Å². The van der Waals surface area contributed by atoms with Crippen LogP contribution in [0.3, 0.4) is 0 Å². The summed E-state index contributed by atoms with van der Waals surface area (Å²) in [6.45, 7) is 15.0. The lowest BCUT2D eigenvalue weighted by atomic mass is 9.74. The summed E-state index contributed by atoms with van der Waals surface area (Å²) in [7, 11) is 0. The first-order chi connectivity index (χ1) is 8.06. The molecule has 1 aromatic carbocycles. The van der Waals surface area contributed by atoms with Crippen molar-refractivity contribution in [3.05, 3.63) is 35.4 Å². The normalized spacial score (nSPS) is 14.9. The van der Waals surface area contributed by atoms with Crippen LogP contribution in [0.5, 0.6) is 0 Å². The van der Waals surface area contributed by atoms with E-state index in [1.54, 1.807) is 0 Å². The van der Waals surface area contributed by atoms with Gasteiger partial charge in [0.25, 0.3) is 0 Å². The van der Waals surface area contributed by atoms with E-state index in [2.05, 4.69) is 72.7 Å². The van der Waals surface area contributed by atoms with E-state index in [0.717, 1.165) is 0 Å². The highest BCUT2D eigenvalue weighted by Crippen LogP contribution is 2.32. The van der Waals surface area contributed by atoms with Gasteiger partial charge in [0.15, 0.2) is 0 Å². The summed E-state index contributed by atoms with van der Waals surface area (Å²) in [5, 5.41) is 10.3. The third-order valence-corrected chi connectivity index (χ3v) is 3.87. The first kappa shape index (κ1) is 15.2. The van der Waals surface area contributed by atoms with Crippen molar-refractivity contribution >= 4 is 0 Å². The van der Waals surface area contributed by atoms with Crippen LogP contribution in [0.15, 0.2) is 24.3 Å². The fraction of sp³-hybridized carbons (Fsp3) is 0.647. The van der Waals surface area contributed by atoms with Crippen LogP contribution in [0.1, 0.15) is 59.6 Å². The lowest BCUT2D eigenvalue weighted by Gasteiger charge is -2.34. The molecule has 0 bridgehead atoms. The molecule has 0 aliphatic heterocycles. The Morgan fingerprint density at radius 1 is 0.833 bits per heavy atom. The summed E-state index contributed by atoms with van der Waals surface area (Å²) >= 11 is 0. The van der Waals surface area contributed by atoms with Crippen molar-refractivity contribution < 1.29 is 5.11 Å². The van der Waals surface area contributed by atoms with Gasteiger partial charge in [-0.05, 0) is 22.5 Å². The molecule has 1 aromatic rings. The maximum absolute atomic E-state index is 10.3. The smallest absolute Gasteiger partial charge is 0.0654 e. The lowest BCUT2D eigenvalue weighted by Crippen LogP contribution is -2.37. The van der Waals surface area contributed by atoms with Crippen molar-refractivity contribution in [1.29, 1.82) is 0 Å². The Balaban J connectivity index is 3.05. The van der Waals surface area contributed by atoms with E-state index in [4.69, 9.17) is 0 Å². The quantitative estimate of drug-likeness (QED) is 0.846. The Bertz CT molecular complexity index is 379. The molecule has 0 heterocycles. The minimum Gasteiger partial charge on any atom is -0.392 e. The second kappa shape index (κ2) is 5.05. The summed E-state index contributed by atoms with van der Waals surface area (Å²) in [6.07, 6.45) is -0.321. The van der Waals surface area contributed by atoms with Crippen LogP contribution in [0.4, 0.5) is 0 Å². The molecule has 1 atom stereocenters. The molecular formula is C17H28O. The van der Waals surface area contributed by atoms with E-state index in [1.165, 1.54) is 11.1 Å². The van der Waals surface area contributed by atoms with Gasteiger partial charge in [-0.3, -0.25) is 0 Å². The first-order valence-electron chi connectivity index (χ1n) is 6.86. The standard InChI is InChI=1S/C17H28O/c1-12(2)15(18)17(6,7)14-10-8-13(9-11-14)16(3,4)5/h8-12,15,18H,1-7H3. The molecule has 18 heavy (non-hydrogen) atoms. The number of aliphatic hydroxyl groups is 1. The number of rotatable bonds is 3. The fourth-order valence-electron chi connectivity index (χ4n) is 2.40. The number of benzene rings is 1. The lowest BCUT2D eigenvalue weighted by molar-refractivity contribution is 0.0574. The Kier molecular flexibility index (Phi) is 4.27. The van der Waals surface area contributed by atoms with Crippen molar-refractivity contribution in [2.75, 3.05) is 0 Å². The zero-order chi connectivity index (χ0) is 14.1. The predicted octanol–water partition coefficient (Wildman–Crippen LogP) is 4.28. The number of hydrogen-bond acceptors (Lipinski definition) is 1. The maximum Gasteiger partial charge on any atom is 0.0654 e. The highest BCUT2D eigenvalue weighted by Gasteiger charge is 2.32. The van der Waals surface area contributed by atoms with Gasteiger partial charge in [-0.1, -0.05) is 72.7 Å². The van der Waals surface area contributed by atoms with Crippen LogP contribution in [-0.4, -0.2) is 11.2 Å². The molecular weight excluding hydrogens is 220 g/mol. The second-order valence-electron chi connectivity index (χ2n) is 7.24. The zero-order valence-electron chi connectivity index (χ0n) is 12.9. The highest BCUT2D eigenvalue weighted by atomic mass is 16.3. The van der Waals surface area contributed by atoms with Crippen molar-refractivity contribution in [1.82, 2.24) is 0 Å². The van der Waals surface area contributed by atoms with Crippen LogP contribution < -0.4 is 0 Å². The molecule has 0 aromatic heterocycles. The molecule has 0 radical (unpaired) electrons. The van der Waals surface area contributed by atoms with Crippen LogP contribution >= 0.6 is 0 Å². The second-order valence-corrected chi connectivity index (χ2v) is 7.24. The molecule has 1 rings (SSSR count). The van der Waals surface area contributed by atoms with E-state index in [0.29, 0.717) is 0 Å². The SMILES string of the molecule is CC(C)C(O)C(C)(C)c1ccc(C(C)(C)C)cc1. The third-order valence-electron chi connectivity index (χ3n) is 3.87. The molecule has 0 aliphatic rings. The predicted molar refractivity (Wildman–Crippen MR) is 79.0 cm³/mol. The molecule has 102 valence electrons. The van der Waals surface area contributed by atoms with Crippen molar-refractivity contribution in [2.45, 2.75) is 65.4 Å². The molecule has 0 fully saturated rings. The Hall–Kier alpha value is -0.820. The fourth-order valence-corrected chi connectivity index (χ4v) is 2.40. The van der Waals surface area contributed by atoms with Crippen LogP contribution in [0.25, 0.3) is 0 Å². The van der Waals surface area contributed by atoms with E-state index in [-0.39, 0.29) is 22.9 Å². The summed E-state index contributed by atoms with van der Waals surface area (Å²) in [5.41, 5.74) is 2.52. The molecule has 0 spiro atoms. The molecule has 1 nitrogen and oxygen atoms in total. The molecule has 0 saturated heterocycles. The molecule has 1 unspecified atom stereocenters. The minimum atomic E-state index is -0.321. The molecule has 0 aliphatic carbocycles. The summed E-state index contributed by atoms with van der Waals surface area (Å²) in [4.78, 5) is 0. The largest absolute Gasteiger partial charge is 0.392 e. The average Bonchev–Trinajstić information content (AvgIpc) is 2.26. The van der Waals surface area contributed by atoms with Crippen molar-refractivity contribution in [3.8, 4) is 0 Å². The highest BCUT2D eigenvalue weighted by molar-refractivity contribution is 5.32. The van der Waals surface area contributed by atoms with Gasteiger partial charge in [-0.2, -0.15) is 0 Å². The van der Waals surface area contributed by atoms with Crippen LogP contribution in [-0.2, 0) is 10.8 Å². The molecule has 0 amide bonds. The number of aliphatic hydroxyl groups excluding tert-OH is 1. The van der Waals surface area contributed by atoms with Gasteiger partial charge in [0.1, 0.15) is 0 Å². The Morgan fingerprint density at radius 3 is 1.56 bits per heavy atom. The van der Waals surface area contributed by atoms with Gasteiger partial charge in [-0.15, -0.1) is 0 Å². The van der Waals surface area contributed by atoms with E-state index in [9.17, 15) is 5.11 Å². The summed E-state index contributed by atoms with van der Waals surface area (Å²) in [5.74, 6) is 0.266. The topological polar surface area (TPSA) is 20.2 Å². The zero-order valence-corrected chi connectivity index (χ0v) is 12.9. The van der Waals surface area contributed by atoms with Crippen LogP contribution in [0, 0.1) is 5.92 Å². The van der Waals surface area contributed by atoms with Gasteiger partial charge in [0.2, 0.25) is 0 Å². The Labute approximate surface area is 112 Å². The average molecular weight is 248 g/mol. The van der Waals surface area contributed by atoms with Gasteiger partial charge < -0.3 is 5.11 Å². The maximum atomic E-state index is 10.3. The first-order valence-corrected chi connectivity index (χ1v) is 6.86. The van der Waals surface area contributed by atoms with Gasteiger partial charge >= 0.3 is 0 Å². The van der Waals surface area contributed by atoms with Crippen molar-refractivity contribution in [3.63, 3.8) is 0 Å². The van der Waals surface area contributed by atoms with E-state index < -0.39 is 0 Å². The summed E-state index contributed by atoms with van der Waals surface area (Å²) < 4.78 is 0. The Morgan fingerprint density at radius 2 is 1.22 bits per heavy atom.